The number of benzene rings is 3. The van der Waals surface area contributed by atoms with Crippen molar-refractivity contribution in [1.82, 2.24) is 0 Å². The molecule has 4 N–H and O–H groups in total. The average Bonchev–Trinajstić information content (AvgIpc) is 2.94. The molecule has 0 spiro atoms. The van der Waals surface area contributed by atoms with E-state index in [9.17, 15) is 0 Å². The van der Waals surface area contributed by atoms with Crippen molar-refractivity contribution in [3.63, 3.8) is 0 Å². The molecule has 8 saturated carbocycles. The van der Waals surface area contributed by atoms with E-state index in [2.05, 4.69) is 42.5 Å². The predicted molar refractivity (Wildman–Crippen MR) is 168 cm³/mol. The minimum atomic E-state index is 0.213. The van der Waals surface area contributed by atoms with Crippen LogP contribution in [0.15, 0.2) is 60.7 Å². The summed E-state index contributed by atoms with van der Waals surface area (Å²) in [5.74, 6) is 8.75. The zero-order valence-corrected chi connectivity index (χ0v) is 24.7. The van der Waals surface area contributed by atoms with Gasteiger partial charge >= 0.3 is 0 Å². The van der Waals surface area contributed by atoms with Crippen molar-refractivity contribution in [1.29, 1.82) is 0 Å². The van der Waals surface area contributed by atoms with Crippen LogP contribution in [0.5, 0.6) is 23.0 Å². The predicted octanol–water partition coefficient (Wildman–Crippen LogP) is 9.37. The van der Waals surface area contributed by atoms with Crippen LogP contribution in [0.25, 0.3) is 0 Å². The fraction of sp³-hybridized carbons (Fsp3) is 0.526. The van der Waals surface area contributed by atoms with Crippen LogP contribution in [-0.2, 0) is 10.8 Å². The molecule has 8 aliphatic rings. The molecule has 0 radical (unpaired) electrons. The summed E-state index contributed by atoms with van der Waals surface area (Å²) in [5, 5.41) is 0. The first-order valence-corrected chi connectivity index (χ1v) is 16.7. The first-order chi connectivity index (χ1) is 20.4. The van der Waals surface area contributed by atoms with Gasteiger partial charge in [0.1, 0.15) is 23.0 Å². The normalized spacial score (nSPS) is 37.2. The van der Waals surface area contributed by atoms with Gasteiger partial charge in [-0.05, 0) is 172 Å². The summed E-state index contributed by atoms with van der Waals surface area (Å²) in [6, 6.07) is 20.8. The molecule has 8 fully saturated rings. The first kappa shape index (κ1) is 25.4. The Bertz CT molecular complexity index is 1360. The highest BCUT2D eigenvalue weighted by Gasteiger charge is 2.54. The summed E-state index contributed by atoms with van der Waals surface area (Å²) in [4.78, 5) is 0. The van der Waals surface area contributed by atoms with Crippen molar-refractivity contribution in [3.8, 4) is 23.0 Å². The summed E-state index contributed by atoms with van der Waals surface area (Å²) < 4.78 is 13.5. The van der Waals surface area contributed by atoms with Gasteiger partial charge in [-0.3, -0.25) is 0 Å². The lowest BCUT2D eigenvalue weighted by Crippen LogP contribution is -2.48. The number of anilines is 2. The monoisotopic (exact) mass is 560 g/mol. The van der Waals surface area contributed by atoms with Gasteiger partial charge in [0.05, 0.1) is 0 Å². The van der Waals surface area contributed by atoms with Crippen LogP contribution in [0, 0.1) is 35.5 Å². The maximum atomic E-state index is 6.73. The second-order valence-corrected chi connectivity index (χ2v) is 15.6. The molecule has 11 rings (SSSR count). The van der Waals surface area contributed by atoms with Gasteiger partial charge in [0.2, 0.25) is 0 Å². The van der Waals surface area contributed by atoms with E-state index in [4.69, 9.17) is 20.9 Å². The lowest BCUT2D eigenvalue weighted by Gasteiger charge is -2.57. The van der Waals surface area contributed by atoms with Crippen LogP contribution in [0.2, 0.25) is 0 Å². The molecule has 0 unspecified atom stereocenters. The molecule has 42 heavy (non-hydrogen) atoms. The zero-order chi connectivity index (χ0) is 28.1. The maximum absolute atomic E-state index is 6.73. The molecular formula is C38H44N2O2. The summed E-state index contributed by atoms with van der Waals surface area (Å²) in [7, 11) is 0. The maximum Gasteiger partial charge on any atom is 0.131 e. The van der Waals surface area contributed by atoms with Crippen LogP contribution in [0.1, 0.15) is 88.2 Å². The van der Waals surface area contributed by atoms with Crippen molar-refractivity contribution < 1.29 is 9.47 Å². The van der Waals surface area contributed by atoms with Crippen molar-refractivity contribution in [2.75, 3.05) is 11.5 Å². The molecule has 8 aliphatic carbocycles. The minimum Gasteiger partial charge on any atom is -0.457 e. The summed E-state index contributed by atoms with van der Waals surface area (Å²) in [6.45, 7) is 0. The molecular weight excluding hydrogens is 516 g/mol. The Morgan fingerprint density at radius 2 is 0.833 bits per heavy atom. The fourth-order valence-corrected chi connectivity index (χ4v) is 11.8. The molecule has 4 nitrogen and oxygen atoms in total. The molecule has 0 saturated heterocycles. The molecule has 0 amide bonds. The van der Waals surface area contributed by atoms with Crippen molar-refractivity contribution in [3.05, 3.63) is 71.8 Å². The van der Waals surface area contributed by atoms with E-state index in [0.717, 1.165) is 69.9 Å². The quantitative estimate of drug-likeness (QED) is 0.295. The molecule has 3 aromatic rings. The van der Waals surface area contributed by atoms with Crippen LogP contribution in [-0.4, -0.2) is 0 Å². The van der Waals surface area contributed by atoms with Crippen molar-refractivity contribution in [2.24, 2.45) is 35.5 Å². The first-order valence-electron chi connectivity index (χ1n) is 16.7. The molecule has 0 aliphatic heterocycles. The Labute approximate surface area is 250 Å². The molecule has 8 bridgehead atoms. The Balaban J connectivity index is 1.02. The van der Waals surface area contributed by atoms with E-state index in [-0.39, 0.29) is 10.8 Å². The number of ether oxygens (including phenoxy) is 2. The van der Waals surface area contributed by atoms with E-state index in [0.29, 0.717) is 0 Å². The number of rotatable bonds is 6. The summed E-state index contributed by atoms with van der Waals surface area (Å²) in [5.41, 5.74) is 17.6. The van der Waals surface area contributed by atoms with Gasteiger partial charge in [0, 0.05) is 28.6 Å². The third-order valence-electron chi connectivity index (χ3n) is 12.5. The van der Waals surface area contributed by atoms with Gasteiger partial charge in [0.15, 0.2) is 0 Å². The highest BCUT2D eigenvalue weighted by Crippen LogP contribution is 2.63. The van der Waals surface area contributed by atoms with Crippen LogP contribution in [0.3, 0.4) is 0 Å². The van der Waals surface area contributed by atoms with Gasteiger partial charge in [-0.25, -0.2) is 0 Å². The van der Waals surface area contributed by atoms with Crippen LogP contribution in [0.4, 0.5) is 11.4 Å². The summed E-state index contributed by atoms with van der Waals surface area (Å²) in [6.07, 6.45) is 16.2. The largest absolute Gasteiger partial charge is 0.457 e. The topological polar surface area (TPSA) is 70.5 Å². The smallest absolute Gasteiger partial charge is 0.131 e. The Kier molecular flexibility index (Phi) is 5.54. The van der Waals surface area contributed by atoms with Gasteiger partial charge < -0.3 is 20.9 Å². The lowest BCUT2D eigenvalue weighted by molar-refractivity contribution is -0.00606. The minimum absolute atomic E-state index is 0.213. The third-order valence-corrected chi connectivity index (χ3v) is 12.5. The molecule has 4 heteroatoms. The van der Waals surface area contributed by atoms with Crippen LogP contribution < -0.4 is 20.9 Å². The number of hydrogen-bond acceptors (Lipinski definition) is 4. The highest BCUT2D eigenvalue weighted by atomic mass is 16.5. The average molecular weight is 561 g/mol. The molecule has 3 aromatic carbocycles. The van der Waals surface area contributed by atoms with Gasteiger partial charge in [-0.15, -0.1) is 0 Å². The molecule has 0 heterocycles. The van der Waals surface area contributed by atoms with Gasteiger partial charge in [-0.1, -0.05) is 6.07 Å². The Hall–Kier alpha value is -3.14. The van der Waals surface area contributed by atoms with Crippen molar-refractivity contribution in [2.45, 2.75) is 87.9 Å². The zero-order valence-electron chi connectivity index (χ0n) is 24.7. The van der Waals surface area contributed by atoms with E-state index in [1.165, 1.54) is 88.2 Å². The Morgan fingerprint density at radius 3 is 1.19 bits per heavy atom. The van der Waals surface area contributed by atoms with E-state index in [1.54, 1.807) is 0 Å². The fourth-order valence-electron chi connectivity index (χ4n) is 11.8. The van der Waals surface area contributed by atoms with Gasteiger partial charge in [0.25, 0.3) is 0 Å². The van der Waals surface area contributed by atoms with E-state index >= 15 is 0 Å². The molecule has 0 atom stereocenters. The standard InChI is InChI=1S/C38H44N2O2/c39-29-4-6-35(33(14-29)37-17-23-8-24(18-37)10-25(9-23)19-37)41-31-2-1-3-32(16-31)42-36-7-5-30(40)15-34(36)38-20-26-11-27(21-38)13-28(12-26)22-38/h1-7,14-16,23-28H,8-13,17-22,39-40H2. The third kappa shape index (κ3) is 4.15. The van der Waals surface area contributed by atoms with E-state index in [1.807, 2.05) is 18.2 Å². The molecule has 0 aromatic heterocycles. The second kappa shape index (κ2) is 9.18. The number of nitrogens with two attached hydrogens (primary N) is 2. The van der Waals surface area contributed by atoms with Crippen LogP contribution >= 0.6 is 0 Å². The highest BCUT2D eigenvalue weighted by molar-refractivity contribution is 5.55. The number of nitrogen functional groups attached to an aromatic ring is 2. The lowest BCUT2D eigenvalue weighted by atomic mass is 9.48. The second-order valence-electron chi connectivity index (χ2n) is 15.6. The van der Waals surface area contributed by atoms with Crippen molar-refractivity contribution >= 4 is 11.4 Å². The SMILES string of the molecule is Nc1ccc(Oc2cccc(Oc3ccc(N)cc3C34CC5CC(CC(C5)C3)C4)c2)c(C23CC4CC(CC(C4)C2)C3)c1. The molecule has 218 valence electrons. The summed E-state index contributed by atoms with van der Waals surface area (Å²) >= 11 is 0. The van der Waals surface area contributed by atoms with Gasteiger partial charge in [-0.2, -0.15) is 0 Å². The Morgan fingerprint density at radius 1 is 0.476 bits per heavy atom. The van der Waals surface area contributed by atoms with E-state index < -0.39 is 0 Å². The number of hydrogen-bond donors (Lipinski definition) is 2.